The van der Waals surface area contributed by atoms with E-state index in [0.29, 0.717) is 18.4 Å². The van der Waals surface area contributed by atoms with E-state index < -0.39 is 0 Å². The Morgan fingerprint density at radius 1 is 1.35 bits per heavy atom. The number of nitrogens with one attached hydrogen (secondary N) is 1. The molecular weight excluding hydrogens is 407 g/mol. The van der Waals surface area contributed by atoms with Crippen molar-refractivity contribution in [2.75, 3.05) is 51.8 Å². The fraction of sp³-hybridized carbons (Fsp3) is 0.562. The summed E-state index contributed by atoms with van der Waals surface area (Å²) in [5, 5.41) is 3.09. The molecule has 0 bridgehead atoms. The number of halogens is 1. The number of rotatable bonds is 6. The lowest BCUT2D eigenvalue weighted by atomic mass is 10.1. The third-order valence-corrected chi connectivity index (χ3v) is 3.61. The number of guanidine groups is 1. The van der Waals surface area contributed by atoms with Crippen LogP contribution in [0.2, 0.25) is 0 Å². The van der Waals surface area contributed by atoms with Crippen molar-refractivity contribution in [2.45, 2.75) is 6.92 Å². The highest BCUT2D eigenvalue weighted by Gasteiger charge is 2.13. The Kier molecular flexibility index (Phi) is 9.27. The van der Waals surface area contributed by atoms with E-state index in [-0.39, 0.29) is 24.0 Å². The molecule has 1 aromatic carbocycles. The molecule has 1 unspecified atom stereocenters. The minimum absolute atomic E-state index is 0. The topological polar surface area (TPSA) is 72.1 Å². The molecule has 0 aromatic heterocycles. The van der Waals surface area contributed by atoms with Gasteiger partial charge in [-0.3, -0.25) is 9.89 Å². The van der Waals surface area contributed by atoms with E-state index in [4.69, 9.17) is 15.2 Å². The lowest BCUT2D eigenvalue weighted by Crippen LogP contribution is -2.39. The summed E-state index contributed by atoms with van der Waals surface area (Å²) in [6, 6.07) is 7.60. The van der Waals surface area contributed by atoms with Crippen LogP contribution in [0, 0.1) is 5.92 Å². The quantitative estimate of drug-likeness (QED) is 0.407. The Labute approximate surface area is 155 Å². The maximum Gasteiger partial charge on any atom is 0.193 e. The van der Waals surface area contributed by atoms with Crippen LogP contribution in [-0.2, 0) is 4.74 Å². The minimum atomic E-state index is 0. The Morgan fingerprint density at radius 3 is 2.61 bits per heavy atom. The van der Waals surface area contributed by atoms with Gasteiger partial charge in [0.1, 0.15) is 5.75 Å². The van der Waals surface area contributed by atoms with Crippen LogP contribution in [0.4, 0.5) is 5.69 Å². The Bertz CT molecular complexity index is 475. The van der Waals surface area contributed by atoms with Crippen LogP contribution < -0.4 is 15.8 Å². The van der Waals surface area contributed by atoms with Crippen LogP contribution in [0.15, 0.2) is 29.3 Å². The first-order chi connectivity index (χ1) is 10.7. The number of aliphatic imine (C=N–C) groups is 1. The van der Waals surface area contributed by atoms with Gasteiger partial charge in [-0.05, 0) is 30.2 Å². The van der Waals surface area contributed by atoms with Gasteiger partial charge < -0.3 is 20.5 Å². The molecule has 6 nitrogen and oxygen atoms in total. The van der Waals surface area contributed by atoms with Gasteiger partial charge in [0.05, 0.1) is 20.3 Å². The minimum Gasteiger partial charge on any atom is -0.497 e. The molecule has 7 heteroatoms. The molecule has 1 aromatic rings. The van der Waals surface area contributed by atoms with Gasteiger partial charge in [-0.1, -0.05) is 6.92 Å². The van der Waals surface area contributed by atoms with Crippen LogP contribution >= 0.6 is 24.0 Å². The van der Waals surface area contributed by atoms with E-state index >= 15 is 0 Å². The molecule has 1 atom stereocenters. The summed E-state index contributed by atoms with van der Waals surface area (Å²) in [6.07, 6.45) is 0. The second-order valence-electron chi connectivity index (χ2n) is 5.60. The van der Waals surface area contributed by atoms with Gasteiger partial charge in [0, 0.05) is 31.9 Å². The molecule has 0 spiro atoms. The molecule has 1 fully saturated rings. The molecule has 1 aliphatic heterocycles. The molecular formula is C16H27IN4O2. The third kappa shape index (κ3) is 7.36. The smallest absolute Gasteiger partial charge is 0.193 e. The standard InChI is InChI=1S/C16H26N4O2.HI/c1-13(12-20-7-9-22-10-8-20)11-18-16(17)19-14-3-5-15(21-2)6-4-14;/h3-6,13H,7-12H2,1-2H3,(H3,17,18,19);1H. The summed E-state index contributed by atoms with van der Waals surface area (Å²) in [5.41, 5.74) is 6.84. The average Bonchev–Trinajstić information content (AvgIpc) is 2.55. The highest BCUT2D eigenvalue weighted by atomic mass is 127. The van der Waals surface area contributed by atoms with E-state index in [1.165, 1.54) is 0 Å². The number of hydrogen-bond acceptors (Lipinski definition) is 4. The number of anilines is 1. The zero-order valence-corrected chi connectivity index (χ0v) is 16.2. The number of morpholine rings is 1. The molecule has 130 valence electrons. The van der Waals surface area contributed by atoms with Crippen LogP contribution in [0.1, 0.15) is 6.92 Å². The second kappa shape index (κ2) is 10.7. The van der Waals surface area contributed by atoms with Crippen molar-refractivity contribution >= 4 is 35.6 Å². The van der Waals surface area contributed by atoms with E-state index in [9.17, 15) is 0 Å². The van der Waals surface area contributed by atoms with Gasteiger partial charge in [0.25, 0.3) is 0 Å². The van der Waals surface area contributed by atoms with Gasteiger partial charge in [-0.15, -0.1) is 24.0 Å². The summed E-state index contributed by atoms with van der Waals surface area (Å²) >= 11 is 0. The zero-order chi connectivity index (χ0) is 15.8. The van der Waals surface area contributed by atoms with Gasteiger partial charge in [-0.2, -0.15) is 0 Å². The van der Waals surface area contributed by atoms with Crippen molar-refractivity contribution in [1.82, 2.24) is 4.90 Å². The molecule has 1 heterocycles. The maximum atomic E-state index is 5.93. The Balaban J connectivity index is 0.00000264. The molecule has 2 rings (SSSR count). The number of nitrogens with two attached hydrogens (primary N) is 1. The summed E-state index contributed by atoms with van der Waals surface area (Å²) in [6.45, 7) is 7.62. The van der Waals surface area contributed by atoms with Gasteiger partial charge in [0.15, 0.2) is 5.96 Å². The number of hydrogen-bond donors (Lipinski definition) is 2. The Morgan fingerprint density at radius 2 is 2.00 bits per heavy atom. The molecule has 3 N–H and O–H groups in total. The van der Waals surface area contributed by atoms with E-state index in [0.717, 1.165) is 44.3 Å². The summed E-state index contributed by atoms with van der Waals surface area (Å²) in [4.78, 5) is 6.84. The number of methoxy groups -OCH3 is 1. The third-order valence-electron chi connectivity index (χ3n) is 3.61. The largest absolute Gasteiger partial charge is 0.497 e. The molecule has 23 heavy (non-hydrogen) atoms. The average molecular weight is 434 g/mol. The number of nitrogens with zero attached hydrogens (tertiary/aromatic N) is 2. The first-order valence-electron chi connectivity index (χ1n) is 7.68. The van der Waals surface area contributed by atoms with Crippen molar-refractivity contribution in [3.8, 4) is 5.75 Å². The molecule has 0 amide bonds. The van der Waals surface area contributed by atoms with Crippen molar-refractivity contribution < 1.29 is 9.47 Å². The lowest BCUT2D eigenvalue weighted by Gasteiger charge is -2.28. The lowest BCUT2D eigenvalue weighted by molar-refractivity contribution is 0.0323. The van der Waals surface area contributed by atoms with E-state index in [1.807, 2.05) is 24.3 Å². The molecule has 0 aliphatic carbocycles. The van der Waals surface area contributed by atoms with E-state index in [1.54, 1.807) is 7.11 Å². The van der Waals surface area contributed by atoms with Crippen molar-refractivity contribution in [3.05, 3.63) is 24.3 Å². The van der Waals surface area contributed by atoms with Gasteiger partial charge in [0.2, 0.25) is 0 Å². The van der Waals surface area contributed by atoms with Crippen molar-refractivity contribution in [2.24, 2.45) is 16.6 Å². The first kappa shape index (κ1) is 20.0. The molecule has 0 saturated carbocycles. The number of ether oxygens (including phenoxy) is 2. The van der Waals surface area contributed by atoms with Gasteiger partial charge in [-0.25, -0.2) is 0 Å². The SMILES string of the molecule is COc1ccc(NC(N)=NCC(C)CN2CCOCC2)cc1.I. The Hall–Kier alpha value is -1.06. The van der Waals surface area contributed by atoms with Crippen molar-refractivity contribution in [1.29, 1.82) is 0 Å². The monoisotopic (exact) mass is 434 g/mol. The van der Waals surface area contributed by atoms with Crippen LogP contribution in [0.25, 0.3) is 0 Å². The molecule has 1 saturated heterocycles. The van der Waals surface area contributed by atoms with Crippen molar-refractivity contribution in [3.63, 3.8) is 0 Å². The first-order valence-corrected chi connectivity index (χ1v) is 7.68. The summed E-state index contributed by atoms with van der Waals surface area (Å²) < 4.78 is 10.5. The van der Waals surface area contributed by atoms with Gasteiger partial charge >= 0.3 is 0 Å². The summed E-state index contributed by atoms with van der Waals surface area (Å²) in [7, 11) is 1.65. The van der Waals surface area contributed by atoms with Crippen LogP contribution in [0.5, 0.6) is 5.75 Å². The summed E-state index contributed by atoms with van der Waals surface area (Å²) in [5.74, 6) is 1.73. The normalized spacial score (nSPS) is 17.2. The highest BCUT2D eigenvalue weighted by molar-refractivity contribution is 14.0. The molecule has 0 radical (unpaired) electrons. The molecule has 1 aliphatic rings. The maximum absolute atomic E-state index is 5.93. The fourth-order valence-corrected chi connectivity index (χ4v) is 2.40. The van der Waals surface area contributed by atoms with Crippen LogP contribution in [0.3, 0.4) is 0 Å². The highest BCUT2D eigenvalue weighted by Crippen LogP contribution is 2.14. The van der Waals surface area contributed by atoms with Crippen LogP contribution in [-0.4, -0.2) is 57.4 Å². The number of benzene rings is 1. The fourth-order valence-electron chi connectivity index (χ4n) is 2.40. The second-order valence-corrected chi connectivity index (χ2v) is 5.60. The predicted octanol–water partition coefficient (Wildman–Crippen LogP) is 2.01. The van der Waals surface area contributed by atoms with E-state index in [2.05, 4.69) is 22.1 Å². The zero-order valence-electron chi connectivity index (χ0n) is 13.8. The predicted molar refractivity (Wildman–Crippen MR) is 105 cm³/mol.